The lowest BCUT2D eigenvalue weighted by Crippen LogP contribution is -2.46. The summed E-state index contributed by atoms with van der Waals surface area (Å²) in [6.07, 6.45) is 6.07. The van der Waals surface area contributed by atoms with Gasteiger partial charge in [0.1, 0.15) is 6.10 Å². The zero-order valence-corrected chi connectivity index (χ0v) is 26.1. The smallest absolute Gasteiger partial charge is 0.305 e. The Labute approximate surface area is 254 Å². The van der Waals surface area contributed by atoms with Crippen molar-refractivity contribution in [2.45, 2.75) is 64.7 Å². The van der Waals surface area contributed by atoms with Crippen molar-refractivity contribution < 1.29 is 28.8 Å². The van der Waals surface area contributed by atoms with Crippen molar-refractivity contribution in [2.75, 3.05) is 56.9 Å². The van der Waals surface area contributed by atoms with E-state index in [2.05, 4.69) is 40.5 Å². The van der Waals surface area contributed by atoms with Crippen molar-refractivity contribution in [2.24, 2.45) is 17.8 Å². The Hall–Kier alpha value is -2.82. The molecule has 2 saturated heterocycles. The maximum absolute atomic E-state index is 11.7. The monoisotopic (exact) mass is 604 g/mol. The second kappa shape index (κ2) is 15.1. The minimum absolute atomic E-state index is 0.0148. The fraction of sp³-hybridized carbons (Fsp3) is 0.645. The van der Waals surface area contributed by atoms with Crippen LogP contribution in [0.4, 0.5) is 11.4 Å². The van der Waals surface area contributed by atoms with Crippen molar-refractivity contribution in [1.29, 1.82) is 0 Å². The van der Waals surface area contributed by atoms with Crippen LogP contribution in [0.15, 0.2) is 30.6 Å². The second-order valence-electron chi connectivity index (χ2n) is 11.7. The predicted octanol–water partition coefficient (Wildman–Crippen LogP) is 5.18. The van der Waals surface area contributed by atoms with E-state index in [1.165, 1.54) is 0 Å². The van der Waals surface area contributed by atoms with E-state index in [1.807, 2.05) is 18.2 Å². The van der Waals surface area contributed by atoms with Gasteiger partial charge in [-0.05, 0) is 24.8 Å². The number of rotatable bonds is 14. The van der Waals surface area contributed by atoms with Gasteiger partial charge < -0.3 is 33.9 Å². The summed E-state index contributed by atoms with van der Waals surface area (Å²) >= 11 is 6.52. The highest BCUT2D eigenvalue weighted by Gasteiger charge is 2.41. The molecule has 2 aliphatic heterocycles. The van der Waals surface area contributed by atoms with E-state index in [4.69, 9.17) is 30.5 Å². The van der Waals surface area contributed by atoms with E-state index in [-0.39, 0.29) is 36.5 Å². The zero-order valence-electron chi connectivity index (χ0n) is 25.4. The number of aromatic nitrogens is 2. The van der Waals surface area contributed by atoms with Gasteiger partial charge in [-0.25, -0.2) is 9.97 Å². The van der Waals surface area contributed by atoms with E-state index < -0.39 is 5.97 Å². The molecule has 5 atom stereocenters. The second-order valence-corrected chi connectivity index (χ2v) is 12.2. The standard InChI is InChI=1S/C31H45ClN4O6/c1-20(2)13-22-18-35(26-14-30(40-5)34-17-24(26)32)10-9-27(22)42-29-8-7-23(16-33-29)36-19-28(41-12-6-11-39-4)21(3)25(36)15-31(37)38/h7-8,14,16-17,20-22,25,27-28H,6,9-13,15,18-19H2,1-5H3,(H,37,38)/t21-,22?,25-,27?,28-/m0/s1. The fourth-order valence-electron chi connectivity index (χ4n) is 6.19. The molecule has 0 aromatic carbocycles. The molecule has 232 valence electrons. The number of piperidine rings is 1. The lowest BCUT2D eigenvalue weighted by atomic mass is 9.87. The zero-order chi connectivity index (χ0) is 30.2. The van der Waals surface area contributed by atoms with E-state index in [9.17, 15) is 9.90 Å². The number of anilines is 2. The normalized spacial score (nSPS) is 24.3. The van der Waals surface area contributed by atoms with Gasteiger partial charge >= 0.3 is 5.97 Å². The Morgan fingerprint density at radius 1 is 1.12 bits per heavy atom. The van der Waals surface area contributed by atoms with E-state index in [0.717, 1.165) is 43.7 Å². The third-order valence-corrected chi connectivity index (χ3v) is 8.59. The molecule has 0 radical (unpaired) electrons. The average molecular weight is 605 g/mol. The average Bonchev–Trinajstić information content (AvgIpc) is 3.26. The molecule has 11 heteroatoms. The molecule has 0 aliphatic carbocycles. The molecule has 0 spiro atoms. The number of carboxylic acid groups (broad SMARTS) is 1. The Morgan fingerprint density at radius 3 is 2.57 bits per heavy atom. The summed E-state index contributed by atoms with van der Waals surface area (Å²) in [6.45, 7) is 9.95. The first kappa shape index (κ1) is 32.1. The molecule has 0 saturated carbocycles. The van der Waals surface area contributed by atoms with Gasteiger partial charge in [0, 0.05) is 76.4 Å². The lowest BCUT2D eigenvalue weighted by molar-refractivity contribution is -0.137. The number of carboxylic acids is 1. The summed E-state index contributed by atoms with van der Waals surface area (Å²) in [4.78, 5) is 25.0. The molecule has 4 rings (SSSR count). The lowest BCUT2D eigenvalue weighted by Gasteiger charge is -2.40. The highest BCUT2D eigenvalue weighted by atomic mass is 35.5. The SMILES string of the molecule is COCCCO[C@H]1CN(c2ccc(OC3CCN(c4cc(OC)ncc4Cl)CC3CC(C)C)nc2)[C@@H](CC(=O)O)[C@@H]1C. The molecule has 2 fully saturated rings. The molecular weight excluding hydrogens is 560 g/mol. The van der Waals surface area contributed by atoms with Crippen LogP contribution in [0.25, 0.3) is 0 Å². The number of carbonyl (C=O) groups is 1. The van der Waals surface area contributed by atoms with Gasteiger partial charge in [0.25, 0.3) is 0 Å². The Morgan fingerprint density at radius 2 is 1.90 bits per heavy atom. The summed E-state index contributed by atoms with van der Waals surface area (Å²) in [5, 5.41) is 10.2. The highest BCUT2D eigenvalue weighted by molar-refractivity contribution is 6.33. The van der Waals surface area contributed by atoms with Gasteiger partial charge in [-0.3, -0.25) is 4.79 Å². The summed E-state index contributed by atoms with van der Waals surface area (Å²) in [7, 11) is 3.28. The molecule has 1 N–H and O–H groups in total. The van der Waals surface area contributed by atoms with Crippen LogP contribution in [-0.4, -0.2) is 86.4 Å². The Balaban J connectivity index is 1.44. The molecule has 4 heterocycles. The largest absolute Gasteiger partial charge is 0.481 e. The molecular formula is C31H45ClN4O6. The number of pyridine rings is 2. The number of hydrogen-bond acceptors (Lipinski definition) is 9. The first-order chi connectivity index (χ1) is 20.2. The van der Waals surface area contributed by atoms with Crippen LogP contribution in [0.5, 0.6) is 11.8 Å². The van der Waals surface area contributed by atoms with Crippen molar-refractivity contribution in [3.8, 4) is 11.8 Å². The van der Waals surface area contributed by atoms with E-state index in [1.54, 1.807) is 26.6 Å². The minimum Gasteiger partial charge on any atom is -0.481 e. The third kappa shape index (κ3) is 8.17. The molecule has 2 aromatic rings. The predicted molar refractivity (Wildman–Crippen MR) is 163 cm³/mol. The molecule has 0 bridgehead atoms. The number of ether oxygens (including phenoxy) is 4. The molecule has 0 amide bonds. The maximum Gasteiger partial charge on any atom is 0.305 e. The highest BCUT2D eigenvalue weighted by Crippen LogP contribution is 2.36. The molecule has 2 aromatic heterocycles. The number of hydrogen-bond donors (Lipinski definition) is 1. The molecule has 2 aliphatic rings. The minimum atomic E-state index is -0.821. The molecule has 42 heavy (non-hydrogen) atoms. The van der Waals surface area contributed by atoms with Crippen LogP contribution >= 0.6 is 11.6 Å². The van der Waals surface area contributed by atoms with Crippen LogP contribution in [0.3, 0.4) is 0 Å². The van der Waals surface area contributed by atoms with Crippen LogP contribution in [0.1, 0.15) is 46.5 Å². The molecule has 10 nitrogen and oxygen atoms in total. The van der Waals surface area contributed by atoms with Crippen molar-refractivity contribution >= 4 is 28.9 Å². The van der Waals surface area contributed by atoms with Crippen LogP contribution < -0.4 is 19.3 Å². The van der Waals surface area contributed by atoms with Crippen molar-refractivity contribution in [1.82, 2.24) is 9.97 Å². The number of aliphatic carboxylic acids is 1. The number of nitrogens with zero attached hydrogens (tertiary/aromatic N) is 4. The first-order valence-corrected chi connectivity index (χ1v) is 15.2. The summed E-state index contributed by atoms with van der Waals surface area (Å²) in [5.74, 6) is 1.15. The topological polar surface area (TPSA) is 106 Å². The van der Waals surface area contributed by atoms with Crippen LogP contribution in [0, 0.1) is 17.8 Å². The third-order valence-electron chi connectivity index (χ3n) is 8.30. The van der Waals surface area contributed by atoms with Crippen molar-refractivity contribution in [3.05, 3.63) is 35.6 Å². The summed E-state index contributed by atoms with van der Waals surface area (Å²) in [6, 6.07) is 5.59. The van der Waals surface area contributed by atoms with Gasteiger partial charge in [0.05, 0.1) is 48.4 Å². The quantitative estimate of drug-likeness (QED) is 0.290. The van der Waals surface area contributed by atoms with Gasteiger partial charge in [0.2, 0.25) is 11.8 Å². The summed E-state index contributed by atoms with van der Waals surface area (Å²) < 4.78 is 23.1. The van der Waals surface area contributed by atoms with Gasteiger partial charge in [-0.1, -0.05) is 32.4 Å². The van der Waals surface area contributed by atoms with Gasteiger partial charge in [-0.2, -0.15) is 0 Å². The number of methoxy groups -OCH3 is 2. The van der Waals surface area contributed by atoms with Crippen molar-refractivity contribution in [3.63, 3.8) is 0 Å². The fourth-order valence-corrected chi connectivity index (χ4v) is 6.41. The Bertz CT molecular complexity index is 1150. The first-order valence-electron chi connectivity index (χ1n) is 14.9. The van der Waals surface area contributed by atoms with Crippen LogP contribution in [-0.2, 0) is 14.3 Å². The summed E-state index contributed by atoms with van der Waals surface area (Å²) in [5.41, 5.74) is 1.80. The van der Waals surface area contributed by atoms with E-state index in [0.29, 0.717) is 42.5 Å². The maximum atomic E-state index is 11.7. The number of halogens is 1. The van der Waals surface area contributed by atoms with Gasteiger partial charge in [-0.15, -0.1) is 0 Å². The molecule has 2 unspecified atom stereocenters. The van der Waals surface area contributed by atoms with Crippen LogP contribution in [0.2, 0.25) is 5.02 Å². The Kier molecular flexibility index (Phi) is 11.5. The van der Waals surface area contributed by atoms with Gasteiger partial charge in [0.15, 0.2) is 0 Å². The van der Waals surface area contributed by atoms with E-state index >= 15 is 0 Å².